The summed E-state index contributed by atoms with van der Waals surface area (Å²) >= 11 is 1.58. The Morgan fingerprint density at radius 1 is 1.21 bits per heavy atom. The highest BCUT2D eigenvalue weighted by Gasteiger charge is 2.12. The summed E-state index contributed by atoms with van der Waals surface area (Å²) in [5.41, 5.74) is 0.912. The molecule has 1 aromatic heterocycles. The van der Waals surface area contributed by atoms with E-state index in [1.807, 2.05) is 25.2 Å². The number of likely N-dealkylation sites (N-methyl/N-ethyl adjacent to an activating group) is 1. The van der Waals surface area contributed by atoms with Gasteiger partial charge in [-0.3, -0.25) is 0 Å². The van der Waals surface area contributed by atoms with Crippen molar-refractivity contribution in [1.82, 2.24) is 15.5 Å². The summed E-state index contributed by atoms with van der Waals surface area (Å²) in [5.74, 6) is 1.56. The Bertz CT molecular complexity index is 542. The average Bonchev–Trinajstić information content (AvgIpc) is 2.93. The van der Waals surface area contributed by atoms with Crippen LogP contribution in [-0.4, -0.2) is 38.0 Å². The number of rotatable bonds is 6. The number of methoxy groups -OCH3 is 2. The number of ether oxygens (including phenoxy) is 2. The molecular weight excluding hydrogens is 262 g/mol. The molecule has 1 heterocycles. The average molecular weight is 279 g/mol. The minimum atomic E-state index is 0.775. The first-order chi connectivity index (χ1) is 9.28. The second kappa shape index (κ2) is 6.49. The van der Waals surface area contributed by atoms with Crippen LogP contribution in [0.1, 0.15) is 5.01 Å². The number of aromatic nitrogens is 2. The maximum Gasteiger partial charge on any atom is 0.151 e. The molecule has 0 unspecified atom stereocenters. The number of nitrogens with one attached hydrogen (secondary N) is 1. The minimum absolute atomic E-state index is 0.775. The van der Waals surface area contributed by atoms with Crippen molar-refractivity contribution in [3.63, 3.8) is 0 Å². The molecule has 2 rings (SSSR count). The molecule has 0 aliphatic carbocycles. The highest BCUT2D eigenvalue weighted by molar-refractivity contribution is 7.14. The smallest absolute Gasteiger partial charge is 0.151 e. The maximum absolute atomic E-state index is 5.36. The molecule has 0 atom stereocenters. The Labute approximate surface area is 116 Å². The summed E-state index contributed by atoms with van der Waals surface area (Å²) in [6.45, 7) is 0.893. The molecule has 0 amide bonds. The number of hydrogen-bond acceptors (Lipinski definition) is 6. The van der Waals surface area contributed by atoms with Crippen LogP contribution in [0.15, 0.2) is 18.2 Å². The molecule has 1 N–H and O–H groups in total. The lowest BCUT2D eigenvalue weighted by Crippen LogP contribution is -2.09. The summed E-state index contributed by atoms with van der Waals surface area (Å²) in [4.78, 5) is 0. The van der Waals surface area contributed by atoms with Crippen molar-refractivity contribution in [3.8, 4) is 22.1 Å². The van der Waals surface area contributed by atoms with Gasteiger partial charge in [-0.15, -0.1) is 10.2 Å². The summed E-state index contributed by atoms with van der Waals surface area (Å²) in [6, 6.07) is 5.66. The Morgan fingerprint density at radius 2 is 2.05 bits per heavy atom. The number of nitrogens with zero attached hydrogens (tertiary/aromatic N) is 2. The molecule has 6 heteroatoms. The van der Waals surface area contributed by atoms with Gasteiger partial charge in [-0.2, -0.15) is 0 Å². The van der Waals surface area contributed by atoms with Gasteiger partial charge in [-0.25, -0.2) is 0 Å². The predicted octanol–water partition coefficient (Wildman–Crippen LogP) is 1.98. The summed E-state index contributed by atoms with van der Waals surface area (Å²) in [5, 5.41) is 13.4. The lowest BCUT2D eigenvalue weighted by molar-refractivity contribution is 0.404. The quantitative estimate of drug-likeness (QED) is 0.876. The van der Waals surface area contributed by atoms with Gasteiger partial charge in [-0.1, -0.05) is 11.3 Å². The molecule has 0 aliphatic heterocycles. The molecule has 0 aliphatic rings. The molecule has 2 aromatic rings. The van der Waals surface area contributed by atoms with Gasteiger partial charge < -0.3 is 14.8 Å². The lowest BCUT2D eigenvalue weighted by Gasteiger charge is -2.07. The zero-order chi connectivity index (χ0) is 13.7. The van der Waals surface area contributed by atoms with Gasteiger partial charge in [0.05, 0.1) is 19.8 Å². The van der Waals surface area contributed by atoms with E-state index >= 15 is 0 Å². The Balaban J connectivity index is 2.31. The van der Waals surface area contributed by atoms with Crippen LogP contribution in [0, 0.1) is 0 Å². The van der Waals surface area contributed by atoms with Gasteiger partial charge in [-0.05, 0) is 25.2 Å². The first kappa shape index (κ1) is 13.8. The Morgan fingerprint density at radius 3 is 2.74 bits per heavy atom. The zero-order valence-corrected chi connectivity index (χ0v) is 12.1. The molecule has 0 saturated carbocycles. The van der Waals surface area contributed by atoms with E-state index in [1.165, 1.54) is 0 Å². The van der Waals surface area contributed by atoms with Gasteiger partial charge in [0, 0.05) is 13.0 Å². The second-order valence-electron chi connectivity index (χ2n) is 3.92. The van der Waals surface area contributed by atoms with E-state index in [1.54, 1.807) is 25.6 Å². The highest BCUT2D eigenvalue weighted by Crippen LogP contribution is 2.34. The van der Waals surface area contributed by atoms with Crippen LogP contribution in [0.4, 0.5) is 0 Å². The summed E-state index contributed by atoms with van der Waals surface area (Å²) < 4.78 is 10.6. The van der Waals surface area contributed by atoms with Crippen LogP contribution in [0.5, 0.6) is 11.5 Å². The van der Waals surface area contributed by atoms with Crippen molar-refractivity contribution in [1.29, 1.82) is 0 Å². The third-order valence-electron chi connectivity index (χ3n) is 2.69. The molecule has 0 bridgehead atoms. The van der Waals surface area contributed by atoms with Crippen molar-refractivity contribution >= 4 is 11.3 Å². The standard InChI is InChI=1S/C13H17N3O2S/c1-14-7-6-12-15-16-13(19-12)10-8-9(17-2)4-5-11(10)18-3/h4-5,8,14H,6-7H2,1-3H3. The molecule has 5 nitrogen and oxygen atoms in total. The van der Waals surface area contributed by atoms with Crippen molar-refractivity contribution in [3.05, 3.63) is 23.2 Å². The van der Waals surface area contributed by atoms with Gasteiger partial charge >= 0.3 is 0 Å². The second-order valence-corrected chi connectivity index (χ2v) is 4.98. The van der Waals surface area contributed by atoms with Crippen LogP contribution < -0.4 is 14.8 Å². The van der Waals surface area contributed by atoms with Gasteiger partial charge in [0.25, 0.3) is 0 Å². The van der Waals surface area contributed by atoms with E-state index < -0.39 is 0 Å². The van der Waals surface area contributed by atoms with Gasteiger partial charge in [0.2, 0.25) is 0 Å². The number of hydrogen-bond donors (Lipinski definition) is 1. The monoisotopic (exact) mass is 279 g/mol. The van der Waals surface area contributed by atoms with Crippen LogP contribution in [-0.2, 0) is 6.42 Å². The van der Waals surface area contributed by atoms with Crippen molar-refractivity contribution < 1.29 is 9.47 Å². The molecule has 1 aromatic carbocycles. The topological polar surface area (TPSA) is 56.3 Å². The van der Waals surface area contributed by atoms with E-state index in [9.17, 15) is 0 Å². The normalized spacial score (nSPS) is 10.5. The fraction of sp³-hybridized carbons (Fsp3) is 0.385. The Kier molecular flexibility index (Phi) is 4.70. The fourth-order valence-electron chi connectivity index (χ4n) is 1.68. The van der Waals surface area contributed by atoms with Crippen LogP contribution in [0.3, 0.4) is 0 Å². The third-order valence-corrected chi connectivity index (χ3v) is 3.71. The third kappa shape index (κ3) is 3.21. The van der Waals surface area contributed by atoms with Crippen LogP contribution >= 0.6 is 11.3 Å². The lowest BCUT2D eigenvalue weighted by atomic mass is 10.2. The van der Waals surface area contributed by atoms with Crippen molar-refractivity contribution in [2.45, 2.75) is 6.42 Å². The van der Waals surface area contributed by atoms with Crippen LogP contribution in [0.25, 0.3) is 10.6 Å². The zero-order valence-electron chi connectivity index (χ0n) is 11.3. The fourth-order valence-corrected chi connectivity index (χ4v) is 2.54. The molecule has 0 fully saturated rings. The largest absolute Gasteiger partial charge is 0.497 e. The van der Waals surface area contributed by atoms with E-state index in [0.717, 1.165) is 40.0 Å². The summed E-state index contributed by atoms with van der Waals surface area (Å²) in [7, 11) is 5.21. The molecule has 19 heavy (non-hydrogen) atoms. The Hall–Kier alpha value is -1.66. The van der Waals surface area contributed by atoms with Crippen molar-refractivity contribution in [2.24, 2.45) is 0 Å². The summed E-state index contributed by atoms with van der Waals surface area (Å²) in [6.07, 6.45) is 0.875. The minimum Gasteiger partial charge on any atom is -0.497 e. The van der Waals surface area contributed by atoms with E-state index in [-0.39, 0.29) is 0 Å². The maximum atomic E-state index is 5.36. The predicted molar refractivity (Wildman–Crippen MR) is 76.1 cm³/mol. The van der Waals surface area contributed by atoms with Gasteiger partial charge in [0.1, 0.15) is 16.5 Å². The molecule has 0 radical (unpaired) electrons. The van der Waals surface area contributed by atoms with E-state index in [2.05, 4.69) is 15.5 Å². The van der Waals surface area contributed by atoms with Crippen molar-refractivity contribution in [2.75, 3.05) is 27.8 Å². The molecule has 0 spiro atoms. The first-order valence-corrected chi connectivity index (χ1v) is 6.79. The number of benzene rings is 1. The first-order valence-electron chi connectivity index (χ1n) is 5.98. The molecule has 102 valence electrons. The molecular formula is C13H17N3O2S. The van der Waals surface area contributed by atoms with Gasteiger partial charge in [0.15, 0.2) is 5.01 Å². The SMILES string of the molecule is CNCCc1nnc(-c2cc(OC)ccc2OC)s1. The van der Waals surface area contributed by atoms with Crippen LogP contribution in [0.2, 0.25) is 0 Å². The highest BCUT2D eigenvalue weighted by atomic mass is 32.1. The van der Waals surface area contributed by atoms with E-state index in [0.29, 0.717) is 0 Å². The van der Waals surface area contributed by atoms with E-state index in [4.69, 9.17) is 9.47 Å². The molecule has 0 saturated heterocycles.